The number of phenols is 1. The van der Waals surface area contributed by atoms with Gasteiger partial charge in [-0.05, 0) is 62.1 Å². The maximum Gasteiger partial charge on any atom is 0.160 e. The molecule has 0 radical (unpaired) electrons. The summed E-state index contributed by atoms with van der Waals surface area (Å²) in [7, 11) is 1.56. The molecule has 0 amide bonds. The van der Waals surface area contributed by atoms with E-state index in [-0.39, 0.29) is 11.8 Å². The van der Waals surface area contributed by atoms with Gasteiger partial charge >= 0.3 is 0 Å². The Morgan fingerprint density at radius 3 is 2.50 bits per heavy atom. The van der Waals surface area contributed by atoms with E-state index in [1.54, 1.807) is 13.2 Å². The number of aromatic hydroxyl groups is 1. The first kappa shape index (κ1) is 18.9. The fraction of sp³-hybridized carbons (Fsp3) is 0.368. The Balaban J connectivity index is 1.90. The van der Waals surface area contributed by atoms with Crippen LogP contribution >= 0.6 is 23.2 Å². The molecular formula is C19H23Cl2NO2. The highest BCUT2D eigenvalue weighted by Crippen LogP contribution is 2.28. The summed E-state index contributed by atoms with van der Waals surface area (Å²) in [5.41, 5.74) is 2.25. The normalized spacial score (nSPS) is 13.5. The summed E-state index contributed by atoms with van der Waals surface area (Å²) < 4.78 is 5.15. The smallest absolute Gasteiger partial charge is 0.160 e. The van der Waals surface area contributed by atoms with Crippen molar-refractivity contribution in [3.63, 3.8) is 0 Å². The van der Waals surface area contributed by atoms with Gasteiger partial charge in [0.05, 0.1) is 17.2 Å². The van der Waals surface area contributed by atoms with Gasteiger partial charge < -0.3 is 15.2 Å². The van der Waals surface area contributed by atoms with Crippen molar-refractivity contribution in [1.82, 2.24) is 5.32 Å². The van der Waals surface area contributed by atoms with Crippen molar-refractivity contribution in [2.24, 2.45) is 0 Å². The fourth-order valence-corrected chi connectivity index (χ4v) is 2.96. The van der Waals surface area contributed by atoms with E-state index in [1.165, 1.54) is 0 Å². The van der Waals surface area contributed by atoms with E-state index >= 15 is 0 Å². The zero-order valence-corrected chi connectivity index (χ0v) is 15.7. The van der Waals surface area contributed by atoms with Crippen LogP contribution in [0.5, 0.6) is 11.5 Å². The van der Waals surface area contributed by atoms with Crippen molar-refractivity contribution in [2.75, 3.05) is 7.11 Å². The Bertz CT molecular complexity index is 691. The highest BCUT2D eigenvalue weighted by molar-refractivity contribution is 6.42. The molecule has 0 aliphatic carbocycles. The standard InChI is InChI=1S/C19H23Cl2NO2/c1-12(4-5-14-6-9-18(23)19(10-14)24-3)22-13(2)15-7-8-16(20)17(21)11-15/h6-13,22-23H,4-5H2,1-3H3. The number of aryl methyl sites for hydroxylation is 1. The molecule has 0 heterocycles. The Morgan fingerprint density at radius 1 is 1.08 bits per heavy atom. The van der Waals surface area contributed by atoms with Crippen molar-refractivity contribution >= 4 is 23.2 Å². The van der Waals surface area contributed by atoms with Crippen LogP contribution in [-0.4, -0.2) is 18.3 Å². The third kappa shape index (κ3) is 5.04. The van der Waals surface area contributed by atoms with Crippen LogP contribution in [0.1, 0.15) is 37.4 Å². The molecule has 2 aromatic rings. The topological polar surface area (TPSA) is 41.5 Å². The first-order valence-corrected chi connectivity index (χ1v) is 8.73. The molecule has 0 spiro atoms. The summed E-state index contributed by atoms with van der Waals surface area (Å²) in [5, 5.41) is 14.4. The minimum absolute atomic E-state index is 0.167. The Labute approximate surface area is 153 Å². The van der Waals surface area contributed by atoms with Gasteiger partial charge in [0.25, 0.3) is 0 Å². The number of nitrogens with one attached hydrogen (secondary N) is 1. The third-order valence-corrected chi connectivity index (χ3v) is 4.83. The van der Waals surface area contributed by atoms with Crippen LogP contribution < -0.4 is 10.1 Å². The quantitative estimate of drug-likeness (QED) is 0.690. The molecule has 2 aromatic carbocycles. The van der Waals surface area contributed by atoms with Crippen molar-refractivity contribution in [3.05, 3.63) is 57.6 Å². The minimum atomic E-state index is 0.167. The summed E-state index contributed by atoms with van der Waals surface area (Å²) in [6.45, 7) is 4.27. The molecule has 0 aliphatic rings. The number of phenolic OH excluding ortho intramolecular Hbond substituents is 1. The number of rotatable bonds is 7. The lowest BCUT2D eigenvalue weighted by atomic mass is 10.0. The Hall–Kier alpha value is -1.42. The second kappa shape index (κ2) is 8.61. The average Bonchev–Trinajstić information content (AvgIpc) is 2.56. The summed E-state index contributed by atoms with van der Waals surface area (Å²) in [5.74, 6) is 0.679. The van der Waals surface area contributed by atoms with Gasteiger partial charge in [-0.15, -0.1) is 0 Å². The molecule has 2 rings (SSSR count). The lowest BCUT2D eigenvalue weighted by Crippen LogP contribution is -2.29. The SMILES string of the molecule is COc1cc(CCC(C)NC(C)c2ccc(Cl)c(Cl)c2)ccc1O. The van der Waals surface area contributed by atoms with Crippen molar-refractivity contribution < 1.29 is 9.84 Å². The fourth-order valence-electron chi connectivity index (χ4n) is 2.65. The minimum Gasteiger partial charge on any atom is -0.504 e. The maximum absolute atomic E-state index is 9.64. The highest BCUT2D eigenvalue weighted by Gasteiger charge is 2.12. The summed E-state index contributed by atoms with van der Waals surface area (Å²) >= 11 is 12.0. The van der Waals surface area contributed by atoms with Crippen molar-refractivity contribution in [2.45, 2.75) is 38.8 Å². The number of ether oxygens (including phenoxy) is 1. The lowest BCUT2D eigenvalue weighted by Gasteiger charge is -2.21. The van der Waals surface area contributed by atoms with Gasteiger partial charge in [0.15, 0.2) is 11.5 Å². The molecule has 24 heavy (non-hydrogen) atoms. The molecule has 2 unspecified atom stereocenters. The summed E-state index contributed by atoms with van der Waals surface area (Å²) in [6, 6.07) is 11.7. The van der Waals surface area contributed by atoms with E-state index in [0.717, 1.165) is 24.0 Å². The Morgan fingerprint density at radius 2 is 1.83 bits per heavy atom. The Kier molecular flexibility index (Phi) is 6.79. The molecule has 2 atom stereocenters. The van der Waals surface area contributed by atoms with Crippen LogP contribution in [0, 0.1) is 0 Å². The first-order valence-electron chi connectivity index (χ1n) is 7.97. The highest BCUT2D eigenvalue weighted by atomic mass is 35.5. The van der Waals surface area contributed by atoms with Gasteiger partial charge in [-0.3, -0.25) is 0 Å². The predicted octanol–water partition coefficient (Wildman–Crippen LogP) is 5.38. The van der Waals surface area contributed by atoms with E-state index in [0.29, 0.717) is 21.8 Å². The number of methoxy groups -OCH3 is 1. The van der Waals surface area contributed by atoms with E-state index in [4.69, 9.17) is 27.9 Å². The largest absolute Gasteiger partial charge is 0.504 e. The van der Waals surface area contributed by atoms with Gasteiger partial charge in [-0.1, -0.05) is 35.3 Å². The summed E-state index contributed by atoms with van der Waals surface area (Å²) in [4.78, 5) is 0. The zero-order valence-electron chi connectivity index (χ0n) is 14.1. The molecule has 0 fully saturated rings. The van der Waals surface area contributed by atoms with Gasteiger partial charge in [0.1, 0.15) is 0 Å². The lowest BCUT2D eigenvalue weighted by molar-refractivity contribution is 0.372. The van der Waals surface area contributed by atoms with Gasteiger partial charge in [0, 0.05) is 12.1 Å². The number of hydrogen-bond acceptors (Lipinski definition) is 3. The van der Waals surface area contributed by atoms with E-state index in [2.05, 4.69) is 19.2 Å². The third-order valence-electron chi connectivity index (χ3n) is 4.09. The molecule has 130 valence electrons. The van der Waals surface area contributed by atoms with Crippen LogP contribution in [0.2, 0.25) is 10.0 Å². The number of hydrogen-bond donors (Lipinski definition) is 2. The van der Waals surface area contributed by atoms with Crippen molar-refractivity contribution in [3.8, 4) is 11.5 Å². The van der Waals surface area contributed by atoms with Crippen LogP contribution in [0.4, 0.5) is 0 Å². The predicted molar refractivity (Wildman–Crippen MR) is 100 cm³/mol. The van der Waals surface area contributed by atoms with E-state index < -0.39 is 0 Å². The number of halogens is 2. The molecule has 5 heteroatoms. The van der Waals surface area contributed by atoms with E-state index in [1.807, 2.05) is 30.3 Å². The van der Waals surface area contributed by atoms with Crippen LogP contribution in [-0.2, 0) is 6.42 Å². The van der Waals surface area contributed by atoms with Crippen LogP contribution in [0.15, 0.2) is 36.4 Å². The average molecular weight is 368 g/mol. The molecular weight excluding hydrogens is 345 g/mol. The van der Waals surface area contributed by atoms with Gasteiger partial charge in [-0.25, -0.2) is 0 Å². The first-order chi connectivity index (χ1) is 11.4. The van der Waals surface area contributed by atoms with Crippen LogP contribution in [0.25, 0.3) is 0 Å². The second-order valence-corrected chi connectivity index (χ2v) is 6.82. The zero-order chi connectivity index (χ0) is 17.7. The van der Waals surface area contributed by atoms with E-state index in [9.17, 15) is 5.11 Å². The molecule has 0 aromatic heterocycles. The van der Waals surface area contributed by atoms with Crippen LogP contribution in [0.3, 0.4) is 0 Å². The second-order valence-electron chi connectivity index (χ2n) is 6.01. The molecule has 3 nitrogen and oxygen atoms in total. The van der Waals surface area contributed by atoms with Crippen molar-refractivity contribution in [1.29, 1.82) is 0 Å². The molecule has 0 saturated carbocycles. The molecule has 2 N–H and O–H groups in total. The molecule has 0 aliphatic heterocycles. The number of benzene rings is 2. The summed E-state index contributed by atoms with van der Waals surface area (Å²) in [6.07, 6.45) is 1.87. The molecule has 0 bridgehead atoms. The monoisotopic (exact) mass is 367 g/mol. The molecule has 0 saturated heterocycles. The van der Waals surface area contributed by atoms with Gasteiger partial charge in [0.2, 0.25) is 0 Å². The maximum atomic E-state index is 9.64. The van der Waals surface area contributed by atoms with Gasteiger partial charge in [-0.2, -0.15) is 0 Å².